The number of amides is 2. The summed E-state index contributed by atoms with van der Waals surface area (Å²) in [4.78, 5) is 30.8. The monoisotopic (exact) mass is 400 g/mol. The molecule has 0 radical (unpaired) electrons. The third kappa shape index (κ3) is 4.76. The fourth-order valence-electron chi connectivity index (χ4n) is 3.31. The summed E-state index contributed by atoms with van der Waals surface area (Å²) in [6.45, 7) is 7.92. The van der Waals surface area contributed by atoms with Crippen molar-refractivity contribution in [2.24, 2.45) is 0 Å². The minimum atomic E-state index is -0.0738. The van der Waals surface area contributed by atoms with Crippen LogP contribution in [0.2, 0.25) is 0 Å². The van der Waals surface area contributed by atoms with Crippen LogP contribution in [-0.4, -0.2) is 33.7 Å². The molecule has 1 saturated heterocycles. The Morgan fingerprint density at radius 1 is 1.32 bits per heavy atom. The second kappa shape index (κ2) is 9.28. The van der Waals surface area contributed by atoms with Gasteiger partial charge in [-0.3, -0.25) is 9.59 Å². The summed E-state index contributed by atoms with van der Waals surface area (Å²) in [6.07, 6.45) is 3.70. The van der Waals surface area contributed by atoms with Crippen LogP contribution in [0.1, 0.15) is 44.0 Å². The lowest BCUT2D eigenvalue weighted by atomic mass is 10.2. The molecule has 1 aliphatic heterocycles. The largest absolute Gasteiger partial charge is 0.325 e. The maximum atomic E-state index is 12.5. The minimum Gasteiger partial charge on any atom is -0.325 e. The Kier molecular flexibility index (Phi) is 6.78. The Hall–Kier alpha value is -2.28. The van der Waals surface area contributed by atoms with Crippen LogP contribution in [0, 0.1) is 13.8 Å². The van der Waals surface area contributed by atoms with E-state index in [1.807, 2.05) is 31.2 Å². The second-order valence-corrected chi connectivity index (χ2v) is 8.05. The molecule has 1 aromatic heterocycles. The Morgan fingerprint density at radius 3 is 2.86 bits per heavy atom. The summed E-state index contributed by atoms with van der Waals surface area (Å²) in [5.74, 6) is 0.369. The first-order chi connectivity index (χ1) is 13.5. The highest BCUT2D eigenvalue weighted by molar-refractivity contribution is 7.99. The number of hydrogen-bond acceptors (Lipinski definition) is 4. The highest BCUT2D eigenvalue weighted by Crippen LogP contribution is 2.25. The maximum Gasteiger partial charge on any atom is 0.234 e. The molecule has 2 amide bonds. The maximum absolute atomic E-state index is 12.5. The average molecular weight is 401 g/mol. The van der Waals surface area contributed by atoms with Crippen LogP contribution in [0.25, 0.3) is 0 Å². The first kappa shape index (κ1) is 20.5. The molecule has 0 saturated carbocycles. The van der Waals surface area contributed by atoms with Crippen molar-refractivity contribution >= 4 is 35.0 Å². The van der Waals surface area contributed by atoms with Gasteiger partial charge in [-0.1, -0.05) is 31.2 Å². The Labute approximate surface area is 170 Å². The molecule has 7 heteroatoms. The number of anilines is 2. The predicted octanol–water partition coefficient (Wildman–Crippen LogP) is 4.16. The van der Waals surface area contributed by atoms with E-state index >= 15 is 0 Å². The van der Waals surface area contributed by atoms with Gasteiger partial charge in [0.2, 0.25) is 11.8 Å². The van der Waals surface area contributed by atoms with Gasteiger partial charge in [0.25, 0.3) is 0 Å². The lowest BCUT2D eigenvalue weighted by Crippen LogP contribution is -2.23. The van der Waals surface area contributed by atoms with Crippen molar-refractivity contribution in [1.29, 1.82) is 0 Å². The molecule has 3 rings (SSSR count). The average Bonchev–Trinajstić information content (AvgIpc) is 3.22. The van der Waals surface area contributed by atoms with E-state index in [-0.39, 0.29) is 11.8 Å². The van der Waals surface area contributed by atoms with Crippen molar-refractivity contribution < 1.29 is 9.59 Å². The number of benzene rings is 1. The van der Waals surface area contributed by atoms with E-state index in [0.29, 0.717) is 17.9 Å². The zero-order chi connectivity index (χ0) is 20.1. The molecule has 1 fully saturated rings. The molecule has 0 unspecified atom stereocenters. The summed E-state index contributed by atoms with van der Waals surface area (Å²) in [5, 5.41) is 3.84. The molecule has 0 aliphatic carbocycles. The van der Waals surface area contributed by atoms with E-state index in [4.69, 9.17) is 0 Å². The molecule has 1 aromatic carbocycles. The molecule has 28 heavy (non-hydrogen) atoms. The number of aromatic nitrogens is 2. The fraction of sp³-hybridized carbons (Fsp3) is 0.476. The quantitative estimate of drug-likeness (QED) is 0.676. The molecule has 1 aliphatic rings. The molecule has 0 bridgehead atoms. The normalized spacial score (nSPS) is 14.0. The van der Waals surface area contributed by atoms with Crippen LogP contribution in [0.5, 0.6) is 0 Å². The highest BCUT2D eigenvalue weighted by Gasteiger charge is 2.22. The molecule has 1 N–H and O–H groups in total. The van der Waals surface area contributed by atoms with Crippen molar-refractivity contribution in [3.63, 3.8) is 0 Å². The number of aryl methyl sites for hydroxylation is 1. The van der Waals surface area contributed by atoms with Crippen LogP contribution in [0.3, 0.4) is 0 Å². The number of rotatable bonds is 8. The number of hydrogen-bond donors (Lipinski definition) is 1. The van der Waals surface area contributed by atoms with Crippen molar-refractivity contribution in [3.8, 4) is 0 Å². The third-order valence-corrected chi connectivity index (χ3v) is 5.98. The lowest BCUT2D eigenvalue weighted by molar-refractivity contribution is -0.117. The Balaban J connectivity index is 1.61. The van der Waals surface area contributed by atoms with Gasteiger partial charge in [0.1, 0.15) is 0 Å². The van der Waals surface area contributed by atoms with E-state index in [9.17, 15) is 9.59 Å². The fourth-order valence-corrected chi connectivity index (χ4v) is 4.23. The molecule has 150 valence electrons. The number of imidazole rings is 1. The molecule has 0 atom stereocenters. The predicted molar refractivity (Wildman–Crippen MR) is 114 cm³/mol. The first-order valence-electron chi connectivity index (χ1n) is 9.86. The van der Waals surface area contributed by atoms with Crippen LogP contribution in [0.4, 0.5) is 11.4 Å². The minimum absolute atomic E-state index is 0.0738. The third-order valence-electron chi connectivity index (χ3n) is 5.01. The molecular weight excluding hydrogens is 372 g/mol. The highest BCUT2D eigenvalue weighted by atomic mass is 32.2. The smallest absolute Gasteiger partial charge is 0.234 e. The zero-order valence-electron chi connectivity index (χ0n) is 16.8. The van der Waals surface area contributed by atoms with Gasteiger partial charge in [-0.05, 0) is 44.9 Å². The molecule has 0 spiro atoms. The Morgan fingerprint density at radius 2 is 2.14 bits per heavy atom. The van der Waals surface area contributed by atoms with E-state index in [1.54, 1.807) is 4.90 Å². The number of carbonyl (C=O) groups is 2. The second-order valence-electron chi connectivity index (χ2n) is 7.11. The van der Waals surface area contributed by atoms with E-state index in [1.165, 1.54) is 17.5 Å². The van der Waals surface area contributed by atoms with Gasteiger partial charge in [-0.2, -0.15) is 0 Å². The van der Waals surface area contributed by atoms with Gasteiger partial charge in [0, 0.05) is 36.6 Å². The Bertz CT molecular complexity index is 862. The van der Waals surface area contributed by atoms with Gasteiger partial charge in [-0.15, -0.1) is 0 Å². The molecule has 6 nitrogen and oxygen atoms in total. The van der Waals surface area contributed by atoms with Gasteiger partial charge < -0.3 is 14.8 Å². The van der Waals surface area contributed by atoms with Gasteiger partial charge in [0.05, 0.1) is 11.4 Å². The number of nitrogens with one attached hydrogen (secondary N) is 1. The zero-order valence-corrected chi connectivity index (χ0v) is 17.6. The van der Waals surface area contributed by atoms with Crippen molar-refractivity contribution in [3.05, 3.63) is 35.7 Å². The SMILES string of the molecule is CCCCn1c(SCC(=O)Nc2cccc(N3CCCC3=O)c2)nc(C)c1C. The van der Waals surface area contributed by atoms with Gasteiger partial charge in [-0.25, -0.2) is 4.98 Å². The number of nitrogens with zero attached hydrogens (tertiary/aromatic N) is 3. The van der Waals surface area contributed by atoms with Crippen molar-refractivity contribution in [2.75, 3.05) is 22.5 Å². The van der Waals surface area contributed by atoms with Crippen LogP contribution >= 0.6 is 11.8 Å². The van der Waals surface area contributed by atoms with E-state index < -0.39 is 0 Å². The van der Waals surface area contributed by atoms with E-state index in [2.05, 4.69) is 28.7 Å². The molecular formula is C21H28N4O2S. The van der Waals surface area contributed by atoms with Crippen molar-refractivity contribution in [1.82, 2.24) is 9.55 Å². The van der Waals surface area contributed by atoms with Gasteiger partial charge >= 0.3 is 0 Å². The standard InChI is InChI=1S/C21H28N4O2S/c1-4-5-11-24-16(3)15(2)22-21(24)28-14-19(26)23-17-8-6-9-18(13-17)25-12-7-10-20(25)27/h6,8-9,13H,4-5,7,10-12,14H2,1-3H3,(H,23,26). The summed E-state index contributed by atoms with van der Waals surface area (Å²) in [5.41, 5.74) is 3.74. The first-order valence-corrected chi connectivity index (χ1v) is 10.8. The summed E-state index contributed by atoms with van der Waals surface area (Å²) >= 11 is 1.47. The van der Waals surface area contributed by atoms with E-state index in [0.717, 1.165) is 48.9 Å². The summed E-state index contributed by atoms with van der Waals surface area (Å²) in [6, 6.07) is 7.49. The summed E-state index contributed by atoms with van der Waals surface area (Å²) < 4.78 is 2.20. The number of unbranched alkanes of at least 4 members (excludes halogenated alkanes) is 1. The lowest BCUT2D eigenvalue weighted by Gasteiger charge is -2.16. The summed E-state index contributed by atoms with van der Waals surface area (Å²) in [7, 11) is 0. The van der Waals surface area contributed by atoms with Crippen molar-refractivity contribution in [2.45, 2.75) is 58.2 Å². The van der Waals surface area contributed by atoms with Crippen LogP contribution < -0.4 is 10.2 Å². The molecule has 2 aromatic rings. The number of thioether (sulfide) groups is 1. The van der Waals surface area contributed by atoms with Crippen LogP contribution in [0.15, 0.2) is 29.4 Å². The van der Waals surface area contributed by atoms with Gasteiger partial charge in [0.15, 0.2) is 5.16 Å². The molecule has 2 heterocycles. The number of carbonyl (C=O) groups excluding carboxylic acids is 2. The van der Waals surface area contributed by atoms with Crippen LogP contribution in [-0.2, 0) is 16.1 Å². The topological polar surface area (TPSA) is 67.2 Å².